The smallest absolute Gasteiger partial charge is 0.182 e. The number of aryl methyl sites for hydroxylation is 1. The summed E-state index contributed by atoms with van der Waals surface area (Å²) in [7, 11) is 0. The van der Waals surface area contributed by atoms with Crippen molar-refractivity contribution >= 4 is 11.0 Å². The van der Waals surface area contributed by atoms with E-state index in [0.29, 0.717) is 5.76 Å². The SMILES string of the molecule is Cc1cccc(-c2ocnc2-c2ccc3nccnc3c2)n1. The third-order valence-corrected chi connectivity index (χ3v) is 3.43. The molecule has 3 aromatic heterocycles. The van der Waals surface area contributed by atoms with Crippen molar-refractivity contribution < 1.29 is 4.42 Å². The zero-order valence-electron chi connectivity index (χ0n) is 11.9. The monoisotopic (exact) mass is 288 g/mol. The quantitative estimate of drug-likeness (QED) is 0.563. The van der Waals surface area contributed by atoms with Crippen molar-refractivity contribution in [2.45, 2.75) is 6.92 Å². The number of nitrogens with zero attached hydrogens (tertiary/aromatic N) is 4. The number of benzene rings is 1. The fraction of sp³-hybridized carbons (Fsp3) is 0.0588. The van der Waals surface area contributed by atoms with Gasteiger partial charge in [0.2, 0.25) is 0 Å². The van der Waals surface area contributed by atoms with Crippen molar-refractivity contribution in [3.8, 4) is 22.7 Å². The number of hydrogen-bond donors (Lipinski definition) is 0. The first kappa shape index (κ1) is 12.6. The minimum absolute atomic E-state index is 0.659. The molecule has 4 rings (SSSR count). The largest absolute Gasteiger partial charge is 0.441 e. The highest BCUT2D eigenvalue weighted by molar-refractivity contribution is 5.83. The normalized spacial score (nSPS) is 11.0. The van der Waals surface area contributed by atoms with Crippen LogP contribution in [0.3, 0.4) is 0 Å². The van der Waals surface area contributed by atoms with Crippen LogP contribution in [-0.2, 0) is 0 Å². The molecule has 4 aromatic rings. The highest BCUT2D eigenvalue weighted by Crippen LogP contribution is 2.31. The van der Waals surface area contributed by atoms with Crippen LogP contribution in [0.2, 0.25) is 0 Å². The van der Waals surface area contributed by atoms with Gasteiger partial charge in [0.05, 0.1) is 11.0 Å². The minimum atomic E-state index is 0.659. The van der Waals surface area contributed by atoms with Gasteiger partial charge in [0.25, 0.3) is 0 Å². The topological polar surface area (TPSA) is 64.7 Å². The van der Waals surface area contributed by atoms with Crippen LogP contribution in [0, 0.1) is 6.92 Å². The maximum Gasteiger partial charge on any atom is 0.182 e. The van der Waals surface area contributed by atoms with Crippen molar-refractivity contribution in [3.05, 3.63) is 60.9 Å². The molecule has 0 saturated carbocycles. The molecule has 0 atom stereocenters. The molecule has 0 aliphatic carbocycles. The molecular formula is C17H12N4O. The van der Waals surface area contributed by atoms with Gasteiger partial charge in [0.1, 0.15) is 11.4 Å². The molecular weight excluding hydrogens is 276 g/mol. The fourth-order valence-electron chi connectivity index (χ4n) is 2.41. The Kier molecular flexibility index (Phi) is 2.89. The molecule has 0 spiro atoms. The third kappa shape index (κ3) is 2.13. The zero-order valence-corrected chi connectivity index (χ0v) is 11.9. The van der Waals surface area contributed by atoms with Crippen molar-refractivity contribution in [2.24, 2.45) is 0 Å². The van der Waals surface area contributed by atoms with Gasteiger partial charge in [-0.2, -0.15) is 0 Å². The predicted molar refractivity (Wildman–Crippen MR) is 83.0 cm³/mol. The highest BCUT2D eigenvalue weighted by atomic mass is 16.3. The van der Waals surface area contributed by atoms with Crippen LogP contribution in [0.25, 0.3) is 33.7 Å². The van der Waals surface area contributed by atoms with Gasteiger partial charge >= 0.3 is 0 Å². The molecule has 106 valence electrons. The van der Waals surface area contributed by atoms with Gasteiger partial charge in [0.15, 0.2) is 12.2 Å². The molecule has 0 bridgehead atoms. The van der Waals surface area contributed by atoms with Gasteiger partial charge in [-0.15, -0.1) is 0 Å². The van der Waals surface area contributed by atoms with Crippen LogP contribution in [0.4, 0.5) is 0 Å². The Morgan fingerprint density at radius 2 is 1.77 bits per heavy atom. The molecule has 22 heavy (non-hydrogen) atoms. The Morgan fingerprint density at radius 1 is 0.909 bits per heavy atom. The Bertz CT molecular complexity index is 961. The van der Waals surface area contributed by atoms with Gasteiger partial charge in [0, 0.05) is 23.7 Å². The van der Waals surface area contributed by atoms with E-state index in [1.165, 1.54) is 6.39 Å². The van der Waals surface area contributed by atoms with E-state index < -0.39 is 0 Å². The van der Waals surface area contributed by atoms with Gasteiger partial charge in [-0.25, -0.2) is 9.97 Å². The Morgan fingerprint density at radius 3 is 2.64 bits per heavy atom. The van der Waals surface area contributed by atoms with E-state index in [1.54, 1.807) is 12.4 Å². The van der Waals surface area contributed by atoms with Crippen LogP contribution in [-0.4, -0.2) is 19.9 Å². The summed E-state index contributed by atoms with van der Waals surface area (Å²) in [5.41, 5.74) is 5.07. The minimum Gasteiger partial charge on any atom is -0.441 e. The molecule has 0 radical (unpaired) electrons. The average Bonchev–Trinajstić information content (AvgIpc) is 3.04. The van der Waals surface area contributed by atoms with Crippen molar-refractivity contribution in [1.82, 2.24) is 19.9 Å². The molecule has 5 nitrogen and oxygen atoms in total. The van der Waals surface area contributed by atoms with Crippen LogP contribution in [0.5, 0.6) is 0 Å². The van der Waals surface area contributed by atoms with E-state index in [0.717, 1.165) is 33.7 Å². The summed E-state index contributed by atoms with van der Waals surface area (Å²) < 4.78 is 5.56. The number of fused-ring (bicyclic) bond motifs is 1. The summed E-state index contributed by atoms with van der Waals surface area (Å²) >= 11 is 0. The Labute approximate surface area is 126 Å². The molecule has 0 amide bonds. The summed E-state index contributed by atoms with van der Waals surface area (Å²) in [5.74, 6) is 0.659. The van der Waals surface area contributed by atoms with Gasteiger partial charge in [-0.1, -0.05) is 12.1 Å². The fourth-order valence-corrected chi connectivity index (χ4v) is 2.41. The Balaban J connectivity index is 1.87. The predicted octanol–water partition coefficient (Wildman–Crippen LogP) is 3.66. The second-order valence-corrected chi connectivity index (χ2v) is 4.95. The van der Waals surface area contributed by atoms with E-state index in [1.807, 2.05) is 43.3 Å². The lowest BCUT2D eigenvalue weighted by Crippen LogP contribution is -1.89. The summed E-state index contributed by atoms with van der Waals surface area (Å²) in [6, 6.07) is 11.7. The molecule has 3 heterocycles. The number of rotatable bonds is 2. The van der Waals surface area contributed by atoms with E-state index in [-0.39, 0.29) is 0 Å². The second kappa shape index (κ2) is 5.04. The maximum atomic E-state index is 5.56. The molecule has 1 aromatic carbocycles. The summed E-state index contributed by atoms with van der Waals surface area (Å²) in [4.78, 5) is 17.5. The highest BCUT2D eigenvalue weighted by Gasteiger charge is 2.14. The average molecular weight is 288 g/mol. The summed E-state index contributed by atoms with van der Waals surface area (Å²) in [5, 5.41) is 0. The molecule has 0 fully saturated rings. The summed E-state index contributed by atoms with van der Waals surface area (Å²) in [6.07, 6.45) is 4.80. The number of oxazole rings is 1. The Hall–Kier alpha value is -3.08. The summed E-state index contributed by atoms with van der Waals surface area (Å²) in [6.45, 7) is 1.95. The number of aromatic nitrogens is 4. The van der Waals surface area contributed by atoms with E-state index >= 15 is 0 Å². The second-order valence-electron chi connectivity index (χ2n) is 4.95. The first-order valence-electron chi connectivity index (χ1n) is 6.90. The van der Waals surface area contributed by atoms with Crippen LogP contribution >= 0.6 is 0 Å². The lowest BCUT2D eigenvalue weighted by molar-refractivity contribution is 0.570. The molecule has 0 unspecified atom stereocenters. The van der Waals surface area contributed by atoms with E-state index in [4.69, 9.17) is 4.42 Å². The first-order chi connectivity index (χ1) is 10.8. The van der Waals surface area contributed by atoms with E-state index in [2.05, 4.69) is 19.9 Å². The van der Waals surface area contributed by atoms with Gasteiger partial charge in [-0.3, -0.25) is 9.97 Å². The lowest BCUT2D eigenvalue weighted by atomic mass is 10.1. The molecule has 0 aliphatic rings. The zero-order chi connectivity index (χ0) is 14.9. The first-order valence-corrected chi connectivity index (χ1v) is 6.90. The van der Waals surface area contributed by atoms with Gasteiger partial charge in [-0.05, 0) is 31.2 Å². The molecule has 0 N–H and O–H groups in total. The maximum absolute atomic E-state index is 5.56. The lowest BCUT2D eigenvalue weighted by Gasteiger charge is -2.03. The van der Waals surface area contributed by atoms with Crippen LogP contribution < -0.4 is 0 Å². The number of pyridine rings is 1. The van der Waals surface area contributed by atoms with E-state index in [9.17, 15) is 0 Å². The van der Waals surface area contributed by atoms with Crippen molar-refractivity contribution in [3.63, 3.8) is 0 Å². The van der Waals surface area contributed by atoms with Crippen molar-refractivity contribution in [1.29, 1.82) is 0 Å². The third-order valence-electron chi connectivity index (χ3n) is 3.43. The van der Waals surface area contributed by atoms with Crippen LogP contribution in [0.15, 0.2) is 59.6 Å². The molecule has 0 saturated heterocycles. The number of hydrogen-bond acceptors (Lipinski definition) is 5. The standard InChI is InChI=1S/C17H12N4O/c1-11-3-2-4-14(21-11)17-16(20-10-22-17)12-5-6-13-15(9-12)19-8-7-18-13/h2-10H,1H3. The molecule has 5 heteroatoms. The van der Waals surface area contributed by atoms with Gasteiger partial charge < -0.3 is 4.42 Å². The molecule has 0 aliphatic heterocycles. The van der Waals surface area contributed by atoms with Crippen LogP contribution in [0.1, 0.15) is 5.69 Å². The van der Waals surface area contributed by atoms with Crippen molar-refractivity contribution in [2.75, 3.05) is 0 Å².